The Hall–Kier alpha value is -2.44. The summed E-state index contributed by atoms with van der Waals surface area (Å²) < 4.78 is 0. The van der Waals surface area contributed by atoms with E-state index in [9.17, 15) is 19.7 Å². The second-order valence-electron chi connectivity index (χ2n) is 5.51. The summed E-state index contributed by atoms with van der Waals surface area (Å²) in [7, 11) is 0. The SMILES string of the molecule is Nc1c(CN2C(=O)C3CCCC3C2=O)cccc1[N+](=O)[O-]. The van der Waals surface area contributed by atoms with Crippen LogP contribution < -0.4 is 5.73 Å². The molecule has 1 aromatic carbocycles. The normalized spacial score (nSPS) is 24.5. The molecule has 21 heavy (non-hydrogen) atoms. The number of amides is 2. The molecule has 1 heterocycles. The summed E-state index contributed by atoms with van der Waals surface area (Å²) in [5, 5.41) is 10.9. The van der Waals surface area contributed by atoms with Gasteiger partial charge in [0.2, 0.25) is 11.8 Å². The van der Waals surface area contributed by atoms with Crippen LogP contribution in [0.3, 0.4) is 0 Å². The monoisotopic (exact) mass is 289 g/mol. The summed E-state index contributed by atoms with van der Waals surface area (Å²) in [4.78, 5) is 36.0. The highest BCUT2D eigenvalue weighted by atomic mass is 16.6. The summed E-state index contributed by atoms with van der Waals surface area (Å²) >= 11 is 0. The van der Waals surface area contributed by atoms with E-state index in [4.69, 9.17) is 5.73 Å². The van der Waals surface area contributed by atoms with Crippen molar-refractivity contribution in [1.29, 1.82) is 0 Å². The molecule has 2 amide bonds. The lowest BCUT2D eigenvalue weighted by atomic mass is 10.00. The number of carbonyl (C=O) groups is 2. The van der Waals surface area contributed by atoms with Gasteiger partial charge in [0.05, 0.1) is 23.3 Å². The molecule has 2 fully saturated rings. The van der Waals surface area contributed by atoms with Crippen molar-refractivity contribution in [3.63, 3.8) is 0 Å². The molecule has 110 valence electrons. The van der Waals surface area contributed by atoms with Crippen molar-refractivity contribution < 1.29 is 14.5 Å². The molecule has 3 rings (SSSR count). The summed E-state index contributed by atoms with van der Waals surface area (Å²) in [6.45, 7) is 0.0121. The molecule has 0 aromatic heterocycles. The van der Waals surface area contributed by atoms with Crippen molar-refractivity contribution in [3.8, 4) is 0 Å². The minimum Gasteiger partial charge on any atom is -0.393 e. The number of carbonyl (C=O) groups excluding carboxylic acids is 2. The topological polar surface area (TPSA) is 107 Å². The summed E-state index contributed by atoms with van der Waals surface area (Å²) in [5.74, 6) is -0.767. The average Bonchev–Trinajstić information content (AvgIpc) is 3.00. The second kappa shape index (κ2) is 4.83. The third-order valence-electron chi connectivity index (χ3n) is 4.38. The Morgan fingerprint density at radius 3 is 2.43 bits per heavy atom. The fraction of sp³-hybridized carbons (Fsp3) is 0.429. The number of nitro groups is 1. The highest BCUT2D eigenvalue weighted by Crippen LogP contribution is 2.40. The second-order valence-corrected chi connectivity index (χ2v) is 5.51. The molecule has 0 radical (unpaired) electrons. The molecule has 0 bridgehead atoms. The maximum atomic E-state index is 12.3. The lowest BCUT2D eigenvalue weighted by Gasteiger charge is -2.17. The molecular formula is C14H15N3O4. The van der Waals surface area contributed by atoms with Gasteiger partial charge in [-0.2, -0.15) is 0 Å². The van der Waals surface area contributed by atoms with E-state index in [1.54, 1.807) is 6.07 Å². The van der Waals surface area contributed by atoms with Crippen LogP contribution >= 0.6 is 0 Å². The molecule has 1 aliphatic carbocycles. The zero-order valence-electron chi connectivity index (χ0n) is 11.3. The predicted molar refractivity (Wildman–Crippen MR) is 73.9 cm³/mol. The van der Waals surface area contributed by atoms with Gasteiger partial charge < -0.3 is 5.73 Å². The van der Waals surface area contributed by atoms with Gasteiger partial charge in [0.15, 0.2) is 0 Å². The minimum atomic E-state index is -0.568. The van der Waals surface area contributed by atoms with E-state index in [2.05, 4.69) is 0 Å². The Morgan fingerprint density at radius 1 is 1.24 bits per heavy atom. The Bertz CT molecular complexity index is 621. The Kier molecular flexibility index (Phi) is 3.12. The van der Waals surface area contributed by atoms with Crippen LogP contribution in [0.25, 0.3) is 0 Å². The van der Waals surface area contributed by atoms with Crippen LogP contribution in [0.4, 0.5) is 11.4 Å². The van der Waals surface area contributed by atoms with E-state index >= 15 is 0 Å². The van der Waals surface area contributed by atoms with E-state index in [1.165, 1.54) is 17.0 Å². The van der Waals surface area contributed by atoms with Gasteiger partial charge in [-0.15, -0.1) is 0 Å². The average molecular weight is 289 g/mol. The Labute approximate surface area is 120 Å². The van der Waals surface area contributed by atoms with Crippen molar-refractivity contribution in [3.05, 3.63) is 33.9 Å². The lowest BCUT2D eigenvalue weighted by Crippen LogP contribution is -2.31. The van der Waals surface area contributed by atoms with Gasteiger partial charge in [-0.05, 0) is 12.8 Å². The maximum Gasteiger partial charge on any atom is 0.292 e. The summed E-state index contributed by atoms with van der Waals surface area (Å²) in [6.07, 6.45) is 2.39. The summed E-state index contributed by atoms with van der Waals surface area (Å²) in [6, 6.07) is 4.42. The van der Waals surface area contributed by atoms with E-state index < -0.39 is 4.92 Å². The van der Waals surface area contributed by atoms with Gasteiger partial charge in [0.1, 0.15) is 5.69 Å². The first-order valence-corrected chi connectivity index (χ1v) is 6.87. The Balaban J connectivity index is 1.88. The lowest BCUT2D eigenvalue weighted by molar-refractivity contribution is -0.384. The van der Waals surface area contributed by atoms with Gasteiger partial charge >= 0.3 is 0 Å². The molecule has 2 atom stereocenters. The van der Waals surface area contributed by atoms with Crippen LogP contribution in [0, 0.1) is 22.0 Å². The van der Waals surface area contributed by atoms with E-state index in [1.807, 2.05) is 0 Å². The molecule has 2 N–H and O–H groups in total. The molecule has 2 unspecified atom stereocenters. The first-order chi connectivity index (χ1) is 10.0. The van der Waals surface area contributed by atoms with Crippen LogP contribution in [-0.2, 0) is 16.1 Å². The number of para-hydroxylation sites is 1. The number of benzene rings is 1. The number of rotatable bonds is 3. The number of nitrogen functional groups attached to an aromatic ring is 1. The largest absolute Gasteiger partial charge is 0.393 e. The van der Waals surface area contributed by atoms with Crippen molar-refractivity contribution in [2.75, 3.05) is 5.73 Å². The van der Waals surface area contributed by atoms with Crippen molar-refractivity contribution in [1.82, 2.24) is 4.90 Å². The Morgan fingerprint density at radius 2 is 1.86 bits per heavy atom. The minimum absolute atomic E-state index is 0.0121. The number of nitrogens with two attached hydrogens (primary N) is 1. The van der Waals surface area contributed by atoms with Crippen LogP contribution in [0.15, 0.2) is 18.2 Å². The van der Waals surface area contributed by atoms with Crippen LogP contribution in [0.5, 0.6) is 0 Å². The molecule has 1 aliphatic heterocycles. The highest BCUT2D eigenvalue weighted by molar-refractivity contribution is 6.05. The molecule has 0 spiro atoms. The first kappa shape index (κ1) is 13.5. The van der Waals surface area contributed by atoms with Gasteiger partial charge in [-0.25, -0.2) is 0 Å². The summed E-state index contributed by atoms with van der Waals surface area (Å²) in [5.41, 5.74) is 6.03. The number of nitrogens with zero attached hydrogens (tertiary/aromatic N) is 2. The zero-order valence-corrected chi connectivity index (χ0v) is 11.3. The molecule has 2 aliphatic rings. The standard InChI is InChI=1S/C14H15N3O4/c15-12-8(3-1-6-11(12)17(20)21)7-16-13(18)9-4-2-5-10(9)14(16)19/h1,3,6,9-10H,2,4-5,7,15H2. The van der Waals surface area contributed by atoms with Gasteiger partial charge in [-0.1, -0.05) is 18.6 Å². The molecule has 1 saturated carbocycles. The van der Waals surface area contributed by atoms with Crippen molar-refractivity contribution >= 4 is 23.2 Å². The fourth-order valence-corrected chi connectivity index (χ4v) is 3.28. The molecule has 1 aromatic rings. The molecule has 1 saturated heterocycles. The third-order valence-corrected chi connectivity index (χ3v) is 4.38. The first-order valence-electron chi connectivity index (χ1n) is 6.87. The molecular weight excluding hydrogens is 274 g/mol. The number of likely N-dealkylation sites (tertiary alicyclic amines) is 1. The number of hydrogen-bond acceptors (Lipinski definition) is 5. The van der Waals surface area contributed by atoms with Gasteiger partial charge in [0, 0.05) is 11.6 Å². The van der Waals surface area contributed by atoms with Gasteiger partial charge in [-0.3, -0.25) is 24.6 Å². The zero-order chi connectivity index (χ0) is 15.1. The van der Waals surface area contributed by atoms with Crippen molar-refractivity contribution in [2.45, 2.75) is 25.8 Å². The van der Waals surface area contributed by atoms with E-state index in [-0.39, 0.29) is 41.6 Å². The maximum absolute atomic E-state index is 12.3. The number of fused-ring (bicyclic) bond motifs is 1. The number of imide groups is 1. The molecule has 7 heteroatoms. The smallest absolute Gasteiger partial charge is 0.292 e. The predicted octanol–water partition coefficient (Wildman–Crippen LogP) is 1.46. The van der Waals surface area contributed by atoms with E-state index in [0.29, 0.717) is 5.56 Å². The highest BCUT2D eigenvalue weighted by Gasteiger charge is 2.49. The van der Waals surface area contributed by atoms with Gasteiger partial charge in [0.25, 0.3) is 5.69 Å². The quantitative estimate of drug-likeness (QED) is 0.392. The van der Waals surface area contributed by atoms with Crippen LogP contribution in [0.2, 0.25) is 0 Å². The fourth-order valence-electron chi connectivity index (χ4n) is 3.28. The van der Waals surface area contributed by atoms with Crippen molar-refractivity contribution in [2.24, 2.45) is 11.8 Å². The number of nitro benzene ring substituents is 1. The number of anilines is 1. The number of hydrogen-bond donors (Lipinski definition) is 1. The van der Waals surface area contributed by atoms with Crippen LogP contribution in [-0.4, -0.2) is 21.6 Å². The van der Waals surface area contributed by atoms with E-state index in [0.717, 1.165) is 19.3 Å². The third kappa shape index (κ3) is 2.05. The van der Waals surface area contributed by atoms with Crippen LogP contribution in [0.1, 0.15) is 24.8 Å². The molecule has 7 nitrogen and oxygen atoms in total.